The first-order valence-electron chi connectivity index (χ1n) is 8.56. The van der Waals surface area contributed by atoms with Crippen molar-refractivity contribution >= 4 is 56.4 Å². The Morgan fingerprint density at radius 1 is 1.18 bits per heavy atom. The van der Waals surface area contributed by atoms with E-state index in [1.54, 1.807) is 6.92 Å². The molecule has 28 heavy (non-hydrogen) atoms. The third kappa shape index (κ3) is 3.92. The summed E-state index contributed by atoms with van der Waals surface area (Å²) >= 11 is 9.18. The summed E-state index contributed by atoms with van der Waals surface area (Å²) in [6, 6.07) is 15.5. The molecule has 0 spiro atoms. The molecule has 2 aromatic heterocycles. The van der Waals surface area contributed by atoms with Crippen molar-refractivity contribution in [3.05, 3.63) is 59.1 Å². The van der Waals surface area contributed by atoms with E-state index in [4.69, 9.17) is 16.0 Å². The number of halogens is 1. The molecule has 0 aliphatic rings. The van der Waals surface area contributed by atoms with Gasteiger partial charge in [0.15, 0.2) is 0 Å². The van der Waals surface area contributed by atoms with E-state index in [-0.39, 0.29) is 5.91 Å². The fourth-order valence-corrected chi connectivity index (χ4v) is 4.70. The molecule has 142 valence electrons. The second-order valence-corrected chi connectivity index (χ2v) is 8.95. The molecule has 5 nitrogen and oxygen atoms in total. The van der Waals surface area contributed by atoms with Gasteiger partial charge in [-0.2, -0.15) is 0 Å². The van der Waals surface area contributed by atoms with Crippen LogP contribution >= 0.6 is 34.7 Å². The molecule has 1 N–H and O–H groups in total. The van der Waals surface area contributed by atoms with E-state index in [0.29, 0.717) is 16.1 Å². The molecule has 8 heteroatoms. The number of nitrogens with zero attached hydrogens (tertiary/aromatic N) is 2. The summed E-state index contributed by atoms with van der Waals surface area (Å²) in [5.74, 6) is 0.230. The molecule has 4 rings (SSSR count). The molecule has 0 unspecified atom stereocenters. The van der Waals surface area contributed by atoms with Crippen LogP contribution in [0.4, 0.5) is 5.69 Å². The van der Waals surface area contributed by atoms with E-state index in [1.807, 2.05) is 55.5 Å². The van der Waals surface area contributed by atoms with E-state index in [0.717, 1.165) is 26.2 Å². The molecule has 2 aromatic carbocycles. The maximum atomic E-state index is 12.4. The van der Waals surface area contributed by atoms with E-state index in [1.165, 1.54) is 23.1 Å². The first kappa shape index (κ1) is 19.0. The summed E-state index contributed by atoms with van der Waals surface area (Å²) in [4.78, 5) is 13.1. The lowest BCUT2D eigenvalue weighted by Gasteiger charge is -2.09. The molecule has 1 amide bonds. The zero-order valence-corrected chi connectivity index (χ0v) is 17.5. The summed E-state index contributed by atoms with van der Waals surface area (Å²) in [6.45, 7) is 3.80. The quantitative estimate of drug-likeness (QED) is 0.392. The molecule has 0 bridgehead atoms. The highest BCUT2D eigenvalue weighted by Crippen LogP contribution is 2.42. The van der Waals surface area contributed by atoms with Crippen LogP contribution < -0.4 is 5.32 Å². The number of nitrogens with one attached hydrogen (secondary N) is 1. The molecule has 0 aliphatic carbocycles. The lowest BCUT2D eigenvalue weighted by atomic mass is 10.2. The molecular weight excluding hydrogens is 414 g/mol. The summed E-state index contributed by atoms with van der Waals surface area (Å²) in [5.41, 5.74) is 1.89. The average molecular weight is 430 g/mol. The highest BCUT2D eigenvalue weighted by Gasteiger charge is 2.21. The number of aromatic nitrogens is 2. The standard InChI is InChI=1S/C20H16ClN3O2S2/c1-11-7-9-13(10-8-11)22-18(25)12(2)27-20-24-23-19(26-20)17-16(21)14-5-3-4-6-15(14)28-17/h3-10,12H,1-2H3,(H,22,25)/t12-/m1/s1. The smallest absolute Gasteiger partial charge is 0.277 e. The Labute approximate surface area is 175 Å². The second kappa shape index (κ2) is 7.95. The SMILES string of the molecule is Cc1ccc(NC(=O)[C@@H](C)Sc2nnc(-c3sc4ccccc4c3Cl)o2)cc1. The summed E-state index contributed by atoms with van der Waals surface area (Å²) in [6.07, 6.45) is 0. The number of carbonyl (C=O) groups is 1. The number of amides is 1. The Morgan fingerprint density at radius 3 is 2.68 bits per heavy atom. The highest BCUT2D eigenvalue weighted by molar-refractivity contribution is 8.00. The number of anilines is 1. The van der Waals surface area contributed by atoms with Gasteiger partial charge in [0.1, 0.15) is 4.88 Å². The van der Waals surface area contributed by atoms with E-state index >= 15 is 0 Å². The van der Waals surface area contributed by atoms with Crippen LogP contribution in [0.25, 0.3) is 20.9 Å². The van der Waals surface area contributed by atoms with Gasteiger partial charge in [-0.3, -0.25) is 4.79 Å². The molecule has 0 aliphatic heterocycles. The van der Waals surface area contributed by atoms with Crippen molar-refractivity contribution in [3.63, 3.8) is 0 Å². The number of thioether (sulfide) groups is 1. The van der Waals surface area contributed by atoms with Gasteiger partial charge in [-0.15, -0.1) is 21.5 Å². The van der Waals surface area contributed by atoms with Crippen molar-refractivity contribution in [2.75, 3.05) is 5.32 Å². The molecule has 0 radical (unpaired) electrons. The molecular formula is C20H16ClN3O2S2. The first-order valence-corrected chi connectivity index (χ1v) is 10.6. The van der Waals surface area contributed by atoms with Gasteiger partial charge in [0.25, 0.3) is 11.1 Å². The minimum Gasteiger partial charge on any atom is -0.410 e. The van der Waals surface area contributed by atoms with Crippen molar-refractivity contribution in [2.24, 2.45) is 0 Å². The van der Waals surface area contributed by atoms with Gasteiger partial charge in [0, 0.05) is 15.8 Å². The fraction of sp³-hybridized carbons (Fsp3) is 0.150. The first-order chi connectivity index (χ1) is 13.5. The van der Waals surface area contributed by atoms with Crippen LogP contribution in [0.2, 0.25) is 5.02 Å². The van der Waals surface area contributed by atoms with Crippen molar-refractivity contribution in [3.8, 4) is 10.8 Å². The maximum absolute atomic E-state index is 12.4. The normalized spacial score (nSPS) is 12.2. The van der Waals surface area contributed by atoms with Crippen LogP contribution in [-0.4, -0.2) is 21.4 Å². The third-order valence-corrected chi connectivity index (χ3v) is 6.70. The van der Waals surface area contributed by atoms with Gasteiger partial charge in [0.2, 0.25) is 5.91 Å². The predicted octanol–water partition coefficient (Wildman–Crippen LogP) is 6.03. The monoisotopic (exact) mass is 429 g/mol. The summed E-state index contributed by atoms with van der Waals surface area (Å²) in [7, 11) is 0. The van der Waals surface area contributed by atoms with Gasteiger partial charge >= 0.3 is 0 Å². The zero-order chi connectivity index (χ0) is 19.7. The molecule has 0 saturated heterocycles. The van der Waals surface area contributed by atoms with E-state index < -0.39 is 5.25 Å². The average Bonchev–Trinajstić information content (AvgIpc) is 3.28. The number of benzene rings is 2. The number of rotatable bonds is 5. The topological polar surface area (TPSA) is 68.0 Å². The minimum atomic E-state index is -0.396. The number of aryl methyl sites for hydroxylation is 1. The van der Waals surface area contributed by atoms with Crippen molar-refractivity contribution < 1.29 is 9.21 Å². The summed E-state index contributed by atoms with van der Waals surface area (Å²) in [5, 5.41) is 12.5. The van der Waals surface area contributed by atoms with Crippen LogP contribution in [0.5, 0.6) is 0 Å². The number of fused-ring (bicyclic) bond motifs is 1. The van der Waals surface area contributed by atoms with Crippen LogP contribution in [0.3, 0.4) is 0 Å². The van der Waals surface area contributed by atoms with E-state index in [9.17, 15) is 4.79 Å². The lowest BCUT2D eigenvalue weighted by molar-refractivity contribution is -0.115. The minimum absolute atomic E-state index is 0.131. The number of thiophene rings is 1. The van der Waals surface area contributed by atoms with Gasteiger partial charge in [-0.1, -0.05) is 59.3 Å². The van der Waals surface area contributed by atoms with E-state index in [2.05, 4.69) is 15.5 Å². The predicted molar refractivity (Wildman–Crippen MR) is 115 cm³/mol. The van der Waals surface area contributed by atoms with Crippen molar-refractivity contribution in [1.82, 2.24) is 10.2 Å². The third-order valence-electron chi connectivity index (χ3n) is 4.10. The van der Waals surface area contributed by atoms with Crippen LogP contribution in [0.1, 0.15) is 12.5 Å². The Kier molecular flexibility index (Phi) is 5.39. The molecule has 2 heterocycles. The van der Waals surface area contributed by atoms with Crippen LogP contribution in [0, 0.1) is 6.92 Å². The van der Waals surface area contributed by atoms with Crippen molar-refractivity contribution in [2.45, 2.75) is 24.3 Å². The van der Waals surface area contributed by atoms with Crippen LogP contribution in [-0.2, 0) is 4.79 Å². The van der Waals surface area contributed by atoms with Crippen LogP contribution in [0.15, 0.2) is 58.2 Å². The number of hydrogen-bond donors (Lipinski definition) is 1. The highest BCUT2D eigenvalue weighted by atomic mass is 35.5. The lowest BCUT2D eigenvalue weighted by Crippen LogP contribution is -2.22. The Morgan fingerprint density at radius 2 is 1.93 bits per heavy atom. The number of hydrogen-bond acceptors (Lipinski definition) is 6. The second-order valence-electron chi connectivity index (χ2n) is 6.23. The maximum Gasteiger partial charge on any atom is 0.277 e. The van der Waals surface area contributed by atoms with Gasteiger partial charge < -0.3 is 9.73 Å². The Bertz CT molecular complexity index is 1140. The van der Waals surface area contributed by atoms with Crippen molar-refractivity contribution in [1.29, 1.82) is 0 Å². The molecule has 1 atom stereocenters. The Hall–Kier alpha value is -2.35. The summed E-state index contributed by atoms with van der Waals surface area (Å²) < 4.78 is 6.81. The molecule has 4 aromatic rings. The van der Waals surface area contributed by atoms with Gasteiger partial charge in [-0.05, 0) is 32.0 Å². The molecule has 0 saturated carbocycles. The Balaban J connectivity index is 1.47. The largest absolute Gasteiger partial charge is 0.410 e. The van der Waals surface area contributed by atoms with Gasteiger partial charge in [0.05, 0.1) is 10.3 Å². The number of carbonyl (C=O) groups excluding carboxylic acids is 1. The molecule has 0 fully saturated rings. The van der Waals surface area contributed by atoms with Gasteiger partial charge in [-0.25, -0.2) is 0 Å². The fourth-order valence-electron chi connectivity index (χ4n) is 2.59. The zero-order valence-electron chi connectivity index (χ0n) is 15.1.